The van der Waals surface area contributed by atoms with Gasteiger partial charge in [-0.2, -0.15) is 74.6 Å². The fraction of sp³-hybridized carbons (Fsp3) is 0.778. The van der Waals surface area contributed by atoms with Gasteiger partial charge < -0.3 is 5.11 Å². The number of rotatable bonds is 7. The van der Waals surface area contributed by atoms with Crippen LogP contribution in [0.15, 0.2) is 11.9 Å². The Morgan fingerprint density at radius 3 is 0.963 bits per heavy atom. The summed E-state index contributed by atoms with van der Waals surface area (Å²) in [6, 6.07) is 0. The first kappa shape index (κ1) is 25.5. The first-order chi connectivity index (χ1) is 11.4. The van der Waals surface area contributed by atoms with Crippen LogP contribution in [0.2, 0.25) is 0 Å². The highest BCUT2D eigenvalue weighted by molar-refractivity contribution is 5.19. The Balaban J connectivity index is 6.70. The number of allylic oxidation sites excluding steroid dienone is 1. The number of halogens is 17. The molecular weight excluding hydrogens is 447 g/mol. The SMILES string of the molecule is OC(F)(F)C(F)(F)C(F)(F)C(F)(F)C(F)(F)C(F)(F)C(F)(F)C(F)=C(F)F. The molecule has 162 valence electrons. The molecule has 18 heteroatoms. The minimum absolute atomic E-state index is 4.52. The minimum atomic E-state index is -8.57. The van der Waals surface area contributed by atoms with E-state index in [4.69, 9.17) is 5.11 Å². The maximum absolute atomic E-state index is 13.0. The summed E-state index contributed by atoms with van der Waals surface area (Å²) in [7, 11) is 0. The van der Waals surface area contributed by atoms with E-state index >= 15 is 0 Å². The Hall–Kier alpha value is -1.49. The second kappa shape index (κ2) is 6.26. The predicted octanol–water partition coefficient (Wildman–Crippen LogP) is 5.46. The molecule has 0 radical (unpaired) electrons. The molecule has 0 rings (SSSR count). The Labute approximate surface area is 135 Å². The topological polar surface area (TPSA) is 20.2 Å². The fourth-order valence-electron chi connectivity index (χ4n) is 1.23. The second-order valence-electron chi connectivity index (χ2n) is 4.56. The zero-order valence-corrected chi connectivity index (χ0v) is 11.4. The van der Waals surface area contributed by atoms with Crippen LogP contribution >= 0.6 is 0 Å². The molecular formula is C9HF17O. The van der Waals surface area contributed by atoms with Gasteiger partial charge in [-0.1, -0.05) is 0 Å². The molecule has 0 atom stereocenters. The Kier molecular flexibility index (Phi) is 5.92. The average molecular weight is 448 g/mol. The molecule has 0 aliphatic carbocycles. The molecule has 0 aromatic rings. The van der Waals surface area contributed by atoms with E-state index in [0.717, 1.165) is 0 Å². The molecule has 0 bridgehead atoms. The van der Waals surface area contributed by atoms with Gasteiger partial charge in [0.25, 0.3) is 0 Å². The summed E-state index contributed by atoms with van der Waals surface area (Å²) in [5.74, 6) is -54.3. The molecule has 0 saturated carbocycles. The normalized spacial score (nSPS) is 15.8. The number of hydrogen-bond donors (Lipinski definition) is 1. The van der Waals surface area contributed by atoms with E-state index in [9.17, 15) is 74.6 Å². The van der Waals surface area contributed by atoms with E-state index in [-0.39, 0.29) is 0 Å². The summed E-state index contributed by atoms with van der Waals surface area (Å²) >= 11 is 0. The van der Waals surface area contributed by atoms with E-state index < -0.39 is 53.6 Å². The van der Waals surface area contributed by atoms with Crippen LogP contribution in [-0.4, -0.2) is 46.8 Å². The van der Waals surface area contributed by atoms with Gasteiger partial charge in [0.2, 0.25) is 5.83 Å². The molecule has 27 heavy (non-hydrogen) atoms. The van der Waals surface area contributed by atoms with Crippen molar-refractivity contribution < 1.29 is 79.7 Å². The highest BCUT2D eigenvalue weighted by Crippen LogP contribution is 2.62. The van der Waals surface area contributed by atoms with Crippen molar-refractivity contribution in [2.24, 2.45) is 0 Å². The summed E-state index contributed by atoms with van der Waals surface area (Å²) in [5, 5.41) is 7.39. The van der Waals surface area contributed by atoms with Crippen molar-refractivity contribution in [3.05, 3.63) is 11.9 Å². The lowest BCUT2D eigenvalue weighted by Gasteiger charge is -2.41. The van der Waals surface area contributed by atoms with Gasteiger partial charge in [-0.15, -0.1) is 0 Å². The highest BCUT2D eigenvalue weighted by atomic mass is 19.4. The molecule has 0 fully saturated rings. The second-order valence-corrected chi connectivity index (χ2v) is 4.56. The smallest absolute Gasteiger partial charge is 0.331 e. The lowest BCUT2D eigenvalue weighted by molar-refractivity contribution is -0.460. The zero-order valence-electron chi connectivity index (χ0n) is 11.4. The summed E-state index contributed by atoms with van der Waals surface area (Å²) < 4.78 is 213. The summed E-state index contributed by atoms with van der Waals surface area (Å²) in [6.07, 6.45) is -11.8. The Morgan fingerprint density at radius 2 is 0.704 bits per heavy atom. The number of aliphatic hydroxyl groups is 1. The largest absolute Gasteiger partial charge is 0.423 e. The predicted molar refractivity (Wildman–Crippen MR) is 47.2 cm³/mol. The monoisotopic (exact) mass is 448 g/mol. The molecule has 0 spiro atoms. The molecule has 1 N–H and O–H groups in total. The van der Waals surface area contributed by atoms with Gasteiger partial charge in [0.05, 0.1) is 0 Å². The van der Waals surface area contributed by atoms with Gasteiger partial charge in [-0.05, 0) is 0 Å². The lowest BCUT2D eigenvalue weighted by atomic mass is 9.90. The van der Waals surface area contributed by atoms with Crippen LogP contribution in [0.4, 0.5) is 74.6 Å². The third-order valence-corrected chi connectivity index (χ3v) is 2.79. The van der Waals surface area contributed by atoms with Crippen LogP contribution in [0.1, 0.15) is 0 Å². The first-order valence-electron chi connectivity index (χ1n) is 5.44. The zero-order chi connectivity index (χ0) is 22.7. The van der Waals surface area contributed by atoms with Crippen molar-refractivity contribution in [2.45, 2.75) is 41.6 Å². The van der Waals surface area contributed by atoms with Gasteiger partial charge in [0, 0.05) is 0 Å². The third-order valence-electron chi connectivity index (χ3n) is 2.79. The van der Waals surface area contributed by atoms with E-state index in [1.54, 1.807) is 0 Å². The van der Waals surface area contributed by atoms with E-state index in [1.807, 2.05) is 0 Å². The standard InChI is InChI=1S/C9HF17O/c10-1(2(11)12)3(13,14)4(15,16)5(17,18)6(19,20)7(21,22)8(23,24)9(25,26)27/h27H. The van der Waals surface area contributed by atoms with Crippen LogP contribution in [0.3, 0.4) is 0 Å². The molecule has 0 aromatic heterocycles. The van der Waals surface area contributed by atoms with E-state index in [2.05, 4.69) is 0 Å². The van der Waals surface area contributed by atoms with Crippen molar-refractivity contribution in [1.29, 1.82) is 0 Å². The highest BCUT2D eigenvalue weighted by Gasteiger charge is 2.93. The molecule has 0 heterocycles. The minimum Gasteiger partial charge on any atom is -0.331 e. The summed E-state index contributed by atoms with van der Waals surface area (Å²) in [6.45, 7) is 0. The van der Waals surface area contributed by atoms with Gasteiger partial charge in [0.15, 0.2) is 0 Å². The molecule has 0 amide bonds. The molecule has 0 saturated heterocycles. The lowest BCUT2D eigenvalue weighted by Crippen LogP contribution is -2.73. The average Bonchev–Trinajstić information content (AvgIpc) is 2.43. The van der Waals surface area contributed by atoms with Crippen LogP contribution in [0, 0.1) is 0 Å². The fourth-order valence-corrected chi connectivity index (χ4v) is 1.23. The van der Waals surface area contributed by atoms with Crippen LogP contribution in [-0.2, 0) is 0 Å². The van der Waals surface area contributed by atoms with Gasteiger partial charge >= 0.3 is 47.7 Å². The van der Waals surface area contributed by atoms with Crippen molar-refractivity contribution in [3.8, 4) is 0 Å². The number of hydrogen-bond acceptors (Lipinski definition) is 1. The van der Waals surface area contributed by atoms with E-state index in [0.29, 0.717) is 0 Å². The van der Waals surface area contributed by atoms with Crippen LogP contribution in [0.5, 0.6) is 0 Å². The van der Waals surface area contributed by atoms with Gasteiger partial charge in [-0.25, -0.2) is 0 Å². The quantitative estimate of drug-likeness (QED) is 0.513. The molecule has 0 aliphatic heterocycles. The summed E-state index contributed by atoms with van der Waals surface area (Å²) in [5.41, 5.74) is 0. The first-order valence-corrected chi connectivity index (χ1v) is 5.44. The van der Waals surface area contributed by atoms with Gasteiger partial charge in [-0.3, -0.25) is 0 Å². The van der Waals surface area contributed by atoms with Crippen molar-refractivity contribution in [1.82, 2.24) is 0 Å². The van der Waals surface area contributed by atoms with Crippen LogP contribution < -0.4 is 0 Å². The maximum atomic E-state index is 13.0. The van der Waals surface area contributed by atoms with E-state index in [1.165, 1.54) is 0 Å². The van der Waals surface area contributed by atoms with Crippen molar-refractivity contribution >= 4 is 0 Å². The molecule has 1 nitrogen and oxygen atoms in total. The number of alkyl halides is 14. The molecule has 0 aliphatic rings. The molecule has 0 unspecified atom stereocenters. The third kappa shape index (κ3) is 3.18. The van der Waals surface area contributed by atoms with Gasteiger partial charge in [0.1, 0.15) is 0 Å². The van der Waals surface area contributed by atoms with Crippen molar-refractivity contribution in [3.63, 3.8) is 0 Å². The Bertz CT molecular complexity index is 592. The maximum Gasteiger partial charge on any atom is 0.423 e. The Morgan fingerprint density at radius 1 is 0.444 bits per heavy atom. The summed E-state index contributed by atoms with van der Waals surface area (Å²) in [4.78, 5) is 0. The molecule has 0 aromatic carbocycles. The van der Waals surface area contributed by atoms with Crippen molar-refractivity contribution in [2.75, 3.05) is 0 Å². The van der Waals surface area contributed by atoms with Crippen LogP contribution in [0.25, 0.3) is 0 Å².